The van der Waals surface area contributed by atoms with Crippen LogP contribution < -0.4 is 9.80 Å². The third-order valence-electron chi connectivity index (χ3n) is 5.99. The van der Waals surface area contributed by atoms with Crippen LogP contribution in [0.2, 0.25) is 0 Å². The third-order valence-corrected chi connectivity index (χ3v) is 9.29. The van der Waals surface area contributed by atoms with Gasteiger partial charge < -0.3 is 4.90 Å². The van der Waals surface area contributed by atoms with E-state index in [1.165, 1.54) is 33.1 Å². The SMILES string of the molecule is CN1C(=O)C2(SCC(=O)N2c2ccc(S(=O)(=O)N3CCCC3)cc2)c2ccccc21. The maximum absolute atomic E-state index is 13.3. The highest BCUT2D eigenvalue weighted by Gasteiger charge is 2.60. The molecule has 0 aliphatic carbocycles. The number of sulfonamides is 1. The number of likely N-dealkylation sites (N-methyl/N-ethyl adjacent to an activating group) is 1. The van der Waals surface area contributed by atoms with Gasteiger partial charge in [0.25, 0.3) is 5.91 Å². The van der Waals surface area contributed by atoms with Crippen molar-refractivity contribution in [2.24, 2.45) is 0 Å². The van der Waals surface area contributed by atoms with Gasteiger partial charge in [-0.2, -0.15) is 4.31 Å². The highest BCUT2D eigenvalue weighted by Crippen LogP contribution is 2.55. The monoisotopic (exact) mass is 443 g/mol. The zero-order valence-electron chi connectivity index (χ0n) is 16.4. The number of carbonyl (C=O) groups is 2. The molecule has 0 radical (unpaired) electrons. The zero-order chi connectivity index (χ0) is 21.1. The molecule has 156 valence electrons. The molecule has 0 saturated carbocycles. The van der Waals surface area contributed by atoms with E-state index >= 15 is 0 Å². The number of para-hydroxylation sites is 1. The second-order valence-corrected chi connectivity index (χ2v) is 10.8. The Hall–Kier alpha value is -2.36. The molecule has 3 aliphatic heterocycles. The van der Waals surface area contributed by atoms with Crippen molar-refractivity contribution in [3.05, 3.63) is 54.1 Å². The molecule has 3 aliphatic rings. The predicted octanol–water partition coefficient (Wildman–Crippen LogP) is 2.38. The van der Waals surface area contributed by atoms with E-state index in [4.69, 9.17) is 0 Å². The lowest BCUT2D eigenvalue weighted by Crippen LogP contribution is -2.49. The molecular formula is C21H21N3O4S2. The number of rotatable bonds is 3. The first-order valence-corrected chi connectivity index (χ1v) is 12.2. The number of benzene rings is 2. The lowest BCUT2D eigenvalue weighted by molar-refractivity contribution is -0.123. The number of hydrogen-bond donors (Lipinski definition) is 0. The fraction of sp³-hybridized carbons (Fsp3) is 0.333. The Morgan fingerprint density at radius 1 is 0.967 bits per heavy atom. The van der Waals surface area contributed by atoms with Crippen molar-refractivity contribution in [2.45, 2.75) is 22.6 Å². The molecule has 0 bridgehead atoms. The average Bonchev–Trinajstić information content (AvgIpc) is 3.46. The fourth-order valence-electron chi connectivity index (χ4n) is 4.50. The topological polar surface area (TPSA) is 78.0 Å². The maximum Gasteiger partial charge on any atom is 0.268 e. The Kier molecular flexibility index (Phi) is 4.46. The van der Waals surface area contributed by atoms with Gasteiger partial charge in [-0.15, -0.1) is 11.8 Å². The van der Waals surface area contributed by atoms with Gasteiger partial charge in [-0.3, -0.25) is 14.5 Å². The first-order valence-electron chi connectivity index (χ1n) is 9.82. The smallest absolute Gasteiger partial charge is 0.268 e. The van der Waals surface area contributed by atoms with Gasteiger partial charge in [-0.05, 0) is 43.2 Å². The van der Waals surface area contributed by atoms with Gasteiger partial charge in [0.2, 0.25) is 20.8 Å². The summed E-state index contributed by atoms with van der Waals surface area (Å²) in [5.41, 5.74) is 2.08. The standard InChI is InChI=1S/C21H21N3O4S2/c1-22-18-7-3-2-6-17(18)21(20(22)26)24(19(25)14-29-21)15-8-10-16(11-9-15)30(27,28)23-12-4-5-13-23/h2-3,6-11H,4-5,12-14H2,1H3. The van der Waals surface area contributed by atoms with Crippen LogP contribution in [0.15, 0.2) is 53.4 Å². The van der Waals surface area contributed by atoms with E-state index in [2.05, 4.69) is 0 Å². The van der Waals surface area contributed by atoms with Crippen molar-refractivity contribution >= 4 is 45.0 Å². The molecule has 0 aromatic heterocycles. The summed E-state index contributed by atoms with van der Waals surface area (Å²) >= 11 is 1.31. The number of nitrogens with zero attached hydrogens (tertiary/aromatic N) is 3. The van der Waals surface area contributed by atoms with Crippen molar-refractivity contribution in [2.75, 3.05) is 35.7 Å². The van der Waals surface area contributed by atoms with E-state index < -0.39 is 14.9 Å². The first-order chi connectivity index (χ1) is 14.4. The van der Waals surface area contributed by atoms with Crippen molar-refractivity contribution in [3.8, 4) is 0 Å². The van der Waals surface area contributed by atoms with Crippen LogP contribution in [-0.4, -0.2) is 50.4 Å². The normalized spacial score (nSPS) is 24.3. The average molecular weight is 444 g/mol. The third kappa shape index (κ3) is 2.58. The summed E-state index contributed by atoms with van der Waals surface area (Å²) in [6.07, 6.45) is 1.74. The molecule has 2 fully saturated rings. The summed E-state index contributed by atoms with van der Waals surface area (Å²) in [7, 11) is -1.83. The molecular weight excluding hydrogens is 422 g/mol. The Balaban J connectivity index is 1.57. The first kappa shape index (κ1) is 19.6. The van der Waals surface area contributed by atoms with Crippen LogP contribution in [-0.2, 0) is 24.5 Å². The molecule has 5 rings (SSSR count). The van der Waals surface area contributed by atoms with Gasteiger partial charge in [-0.1, -0.05) is 18.2 Å². The summed E-state index contributed by atoms with van der Waals surface area (Å²) in [5.74, 6) is -0.163. The van der Waals surface area contributed by atoms with Crippen molar-refractivity contribution < 1.29 is 18.0 Å². The molecule has 2 aromatic rings. The minimum absolute atomic E-state index is 0.173. The van der Waals surface area contributed by atoms with Crippen LogP contribution in [0.3, 0.4) is 0 Å². The Morgan fingerprint density at radius 2 is 1.63 bits per heavy atom. The van der Waals surface area contributed by atoms with Crippen LogP contribution in [0.5, 0.6) is 0 Å². The van der Waals surface area contributed by atoms with Gasteiger partial charge in [-0.25, -0.2) is 8.42 Å². The molecule has 2 amide bonds. The molecule has 1 unspecified atom stereocenters. The number of thioether (sulfide) groups is 1. The van der Waals surface area contributed by atoms with Crippen molar-refractivity contribution in [3.63, 3.8) is 0 Å². The molecule has 2 aromatic carbocycles. The van der Waals surface area contributed by atoms with Crippen molar-refractivity contribution in [1.82, 2.24) is 4.31 Å². The Labute approximate surface area is 179 Å². The Bertz CT molecular complexity index is 1140. The van der Waals surface area contributed by atoms with Crippen LogP contribution in [0.4, 0.5) is 11.4 Å². The van der Waals surface area contributed by atoms with E-state index in [-0.39, 0.29) is 22.5 Å². The van der Waals surface area contributed by atoms with Crippen LogP contribution in [0.1, 0.15) is 18.4 Å². The van der Waals surface area contributed by atoms with E-state index in [0.29, 0.717) is 18.8 Å². The molecule has 9 heteroatoms. The number of anilines is 2. The largest absolute Gasteiger partial charge is 0.312 e. The summed E-state index contributed by atoms with van der Waals surface area (Å²) in [6, 6.07) is 13.8. The molecule has 7 nitrogen and oxygen atoms in total. The lowest BCUT2D eigenvalue weighted by atomic mass is 10.0. The molecule has 30 heavy (non-hydrogen) atoms. The number of amides is 2. The van der Waals surface area contributed by atoms with E-state index in [0.717, 1.165) is 24.1 Å². The minimum Gasteiger partial charge on any atom is -0.312 e. The fourth-order valence-corrected chi connectivity index (χ4v) is 7.40. The summed E-state index contributed by atoms with van der Waals surface area (Å²) in [6.45, 7) is 1.07. The summed E-state index contributed by atoms with van der Waals surface area (Å²) in [4.78, 5) is 28.4. The second kappa shape index (κ2) is 6.83. The number of hydrogen-bond acceptors (Lipinski definition) is 5. The zero-order valence-corrected chi connectivity index (χ0v) is 18.1. The Morgan fingerprint density at radius 3 is 2.33 bits per heavy atom. The van der Waals surface area contributed by atoms with Crippen LogP contribution in [0.25, 0.3) is 0 Å². The number of carbonyl (C=O) groups excluding carboxylic acids is 2. The quantitative estimate of drug-likeness (QED) is 0.728. The van der Waals surface area contributed by atoms with Gasteiger partial charge in [0, 0.05) is 31.4 Å². The summed E-state index contributed by atoms with van der Waals surface area (Å²) < 4.78 is 27.1. The van der Waals surface area contributed by atoms with Gasteiger partial charge in [0.15, 0.2) is 0 Å². The highest BCUT2D eigenvalue weighted by molar-refractivity contribution is 8.02. The molecule has 2 saturated heterocycles. The minimum atomic E-state index is -3.54. The summed E-state index contributed by atoms with van der Waals surface area (Å²) in [5, 5.41) is 0. The number of fused-ring (bicyclic) bond motifs is 2. The lowest BCUT2D eigenvalue weighted by Gasteiger charge is -2.33. The van der Waals surface area contributed by atoms with Gasteiger partial charge in [0.1, 0.15) is 0 Å². The van der Waals surface area contributed by atoms with Crippen molar-refractivity contribution in [1.29, 1.82) is 0 Å². The highest BCUT2D eigenvalue weighted by atomic mass is 32.2. The maximum atomic E-state index is 13.3. The van der Waals surface area contributed by atoms with E-state index in [9.17, 15) is 18.0 Å². The van der Waals surface area contributed by atoms with E-state index in [1.54, 1.807) is 24.1 Å². The molecule has 1 atom stereocenters. The van der Waals surface area contributed by atoms with E-state index in [1.807, 2.05) is 24.3 Å². The predicted molar refractivity (Wildman–Crippen MR) is 116 cm³/mol. The molecule has 3 heterocycles. The second-order valence-electron chi connectivity index (χ2n) is 7.65. The van der Waals surface area contributed by atoms with Crippen LogP contribution >= 0.6 is 11.8 Å². The molecule has 1 spiro atoms. The van der Waals surface area contributed by atoms with Crippen LogP contribution in [0, 0.1) is 0 Å². The van der Waals surface area contributed by atoms with Gasteiger partial charge >= 0.3 is 0 Å². The molecule has 0 N–H and O–H groups in total. The van der Waals surface area contributed by atoms with Gasteiger partial charge in [0.05, 0.1) is 16.3 Å².